The van der Waals surface area contributed by atoms with Gasteiger partial charge in [0.2, 0.25) is 0 Å². The van der Waals surface area contributed by atoms with Crippen LogP contribution in [0.2, 0.25) is 0 Å². The molecule has 1 aromatic rings. The summed E-state index contributed by atoms with van der Waals surface area (Å²) in [7, 11) is 0. The topological polar surface area (TPSA) is 32.3 Å². The highest BCUT2D eigenvalue weighted by atomic mass is 35.5. The summed E-state index contributed by atoms with van der Waals surface area (Å²) in [5.41, 5.74) is 1.08. The summed E-state index contributed by atoms with van der Waals surface area (Å²) in [5.74, 6) is 1.57. The summed E-state index contributed by atoms with van der Waals surface area (Å²) in [6.45, 7) is 5.13. The lowest BCUT2D eigenvalue weighted by Crippen LogP contribution is -2.31. The molecule has 1 aromatic carbocycles. The van der Waals surface area contributed by atoms with Gasteiger partial charge in [0.15, 0.2) is 0 Å². The van der Waals surface area contributed by atoms with E-state index in [0.717, 1.165) is 18.5 Å². The van der Waals surface area contributed by atoms with E-state index < -0.39 is 0 Å². The van der Waals surface area contributed by atoms with Crippen molar-refractivity contribution in [1.82, 2.24) is 5.32 Å². The molecule has 0 amide bonds. The lowest BCUT2D eigenvalue weighted by molar-refractivity contribution is 0.443. The highest BCUT2D eigenvalue weighted by molar-refractivity contribution is 6.18. The first-order valence-electron chi connectivity index (χ1n) is 5.69. The molecule has 0 spiro atoms. The Balaban J connectivity index is 2.43. The third-order valence-corrected chi connectivity index (χ3v) is 2.82. The van der Waals surface area contributed by atoms with E-state index in [1.54, 1.807) is 12.1 Å². The first kappa shape index (κ1) is 13.3. The van der Waals surface area contributed by atoms with E-state index in [0.29, 0.717) is 23.6 Å². The van der Waals surface area contributed by atoms with Crippen molar-refractivity contribution in [3.8, 4) is 5.75 Å². The Hall–Kier alpha value is -0.730. The Bertz CT molecular complexity index is 315. The minimum atomic E-state index is 0.311. The minimum absolute atomic E-state index is 0.311. The van der Waals surface area contributed by atoms with Crippen LogP contribution in [0.1, 0.15) is 25.8 Å². The molecule has 0 fully saturated rings. The van der Waals surface area contributed by atoms with E-state index in [2.05, 4.69) is 19.2 Å². The van der Waals surface area contributed by atoms with Gasteiger partial charge >= 0.3 is 0 Å². The minimum Gasteiger partial charge on any atom is -0.508 e. The quantitative estimate of drug-likeness (QED) is 0.750. The summed E-state index contributed by atoms with van der Waals surface area (Å²) in [6, 6.07) is 7.63. The van der Waals surface area contributed by atoms with E-state index in [9.17, 15) is 5.11 Å². The van der Waals surface area contributed by atoms with Gasteiger partial charge in [0, 0.05) is 18.5 Å². The van der Waals surface area contributed by atoms with Gasteiger partial charge in [-0.1, -0.05) is 26.0 Å². The molecule has 0 radical (unpaired) electrons. The number of hydrogen-bond acceptors (Lipinski definition) is 2. The predicted molar refractivity (Wildman–Crippen MR) is 68.9 cm³/mol. The van der Waals surface area contributed by atoms with Crippen LogP contribution in [0.15, 0.2) is 24.3 Å². The number of phenolic OH excluding ortho intramolecular Hbond substituents is 1. The fourth-order valence-electron chi connectivity index (χ4n) is 1.70. The maximum atomic E-state index is 9.33. The Kier molecular flexibility index (Phi) is 5.64. The smallest absolute Gasteiger partial charge is 0.115 e. The average molecular weight is 242 g/mol. The normalized spacial score (nSPS) is 13.0. The molecule has 2 N–H and O–H groups in total. The number of alkyl halides is 1. The second kappa shape index (κ2) is 6.77. The van der Waals surface area contributed by atoms with Gasteiger partial charge in [0.1, 0.15) is 5.75 Å². The van der Waals surface area contributed by atoms with Crippen LogP contribution in [0.25, 0.3) is 0 Å². The van der Waals surface area contributed by atoms with Crippen LogP contribution in [-0.2, 0) is 6.54 Å². The molecule has 0 aliphatic rings. The molecule has 1 unspecified atom stereocenters. The van der Waals surface area contributed by atoms with Crippen LogP contribution >= 0.6 is 11.6 Å². The molecule has 16 heavy (non-hydrogen) atoms. The standard InChI is InChI=1S/C13H20ClNO/c1-10(2)6-12(8-14)15-9-11-4-3-5-13(16)7-11/h3-5,7,10,12,15-16H,6,8-9H2,1-2H3. The fourth-order valence-corrected chi connectivity index (χ4v) is 1.93. The van der Waals surface area contributed by atoms with Crippen molar-refractivity contribution in [3.05, 3.63) is 29.8 Å². The maximum absolute atomic E-state index is 9.33. The molecular formula is C13H20ClNO. The predicted octanol–water partition coefficient (Wildman–Crippen LogP) is 3.14. The first-order valence-corrected chi connectivity index (χ1v) is 6.22. The van der Waals surface area contributed by atoms with Gasteiger partial charge in [-0.25, -0.2) is 0 Å². The third kappa shape index (κ3) is 4.86. The van der Waals surface area contributed by atoms with E-state index in [4.69, 9.17) is 11.6 Å². The van der Waals surface area contributed by atoms with E-state index in [-0.39, 0.29) is 0 Å². The zero-order valence-corrected chi connectivity index (χ0v) is 10.7. The Morgan fingerprint density at radius 1 is 1.38 bits per heavy atom. The van der Waals surface area contributed by atoms with Crippen molar-refractivity contribution in [2.24, 2.45) is 5.92 Å². The molecule has 0 saturated heterocycles. The molecule has 0 aromatic heterocycles. The molecule has 2 nitrogen and oxygen atoms in total. The number of benzene rings is 1. The Morgan fingerprint density at radius 2 is 2.12 bits per heavy atom. The molecule has 0 bridgehead atoms. The lowest BCUT2D eigenvalue weighted by atomic mass is 10.0. The molecule has 0 saturated carbocycles. The number of halogens is 1. The summed E-state index contributed by atoms with van der Waals surface area (Å²) < 4.78 is 0. The molecular weight excluding hydrogens is 222 g/mol. The van der Waals surface area contributed by atoms with E-state index >= 15 is 0 Å². The molecule has 1 atom stereocenters. The highest BCUT2D eigenvalue weighted by Gasteiger charge is 2.08. The van der Waals surface area contributed by atoms with Crippen molar-refractivity contribution in [2.75, 3.05) is 5.88 Å². The molecule has 0 aliphatic heterocycles. The number of phenols is 1. The largest absolute Gasteiger partial charge is 0.508 e. The van der Waals surface area contributed by atoms with Crippen molar-refractivity contribution in [2.45, 2.75) is 32.9 Å². The Morgan fingerprint density at radius 3 is 2.69 bits per heavy atom. The van der Waals surface area contributed by atoms with Crippen LogP contribution in [0.4, 0.5) is 0 Å². The van der Waals surface area contributed by atoms with Gasteiger partial charge in [0.25, 0.3) is 0 Å². The number of rotatable bonds is 6. The monoisotopic (exact) mass is 241 g/mol. The number of hydrogen-bond donors (Lipinski definition) is 2. The third-order valence-electron chi connectivity index (χ3n) is 2.45. The van der Waals surface area contributed by atoms with Crippen LogP contribution in [0.5, 0.6) is 5.75 Å². The average Bonchev–Trinajstić information content (AvgIpc) is 2.24. The second-order valence-electron chi connectivity index (χ2n) is 4.53. The van der Waals surface area contributed by atoms with Crippen molar-refractivity contribution < 1.29 is 5.11 Å². The zero-order chi connectivity index (χ0) is 12.0. The van der Waals surface area contributed by atoms with Gasteiger partial charge in [-0.2, -0.15) is 0 Å². The van der Waals surface area contributed by atoms with Crippen LogP contribution in [0, 0.1) is 5.92 Å². The fraction of sp³-hybridized carbons (Fsp3) is 0.538. The zero-order valence-electron chi connectivity index (χ0n) is 9.91. The lowest BCUT2D eigenvalue weighted by Gasteiger charge is -2.18. The maximum Gasteiger partial charge on any atom is 0.115 e. The first-order chi connectivity index (χ1) is 7.61. The molecule has 1 rings (SSSR count). The van der Waals surface area contributed by atoms with Gasteiger partial charge in [-0.05, 0) is 30.0 Å². The summed E-state index contributed by atoms with van der Waals surface area (Å²) in [6.07, 6.45) is 1.07. The second-order valence-corrected chi connectivity index (χ2v) is 4.84. The Labute approximate surface area is 103 Å². The van der Waals surface area contributed by atoms with E-state index in [1.165, 1.54) is 0 Å². The van der Waals surface area contributed by atoms with Crippen molar-refractivity contribution in [1.29, 1.82) is 0 Å². The number of nitrogens with one attached hydrogen (secondary N) is 1. The molecule has 0 heterocycles. The van der Waals surface area contributed by atoms with Gasteiger partial charge in [0.05, 0.1) is 0 Å². The van der Waals surface area contributed by atoms with Gasteiger partial charge in [-0.15, -0.1) is 11.6 Å². The van der Waals surface area contributed by atoms with Gasteiger partial charge in [-0.3, -0.25) is 0 Å². The molecule has 0 aliphatic carbocycles. The van der Waals surface area contributed by atoms with Crippen LogP contribution < -0.4 is 5.32 Å². The molecule has 90 valence electrons. The van der Waals surface area contributed by atoms with E-state index in [1.807, 2.05) is 12.1 Å². The summed E-state index contributed by atoms with van der Waals surface area (Å²) in [5, 5.41) is 12.7. The van der Waals surface area contributed by atoms with Gasteiger partial charge < -0.3 is 10.4 Å². The highest BCUT2D eigenvalue weighted by Crippen LogP contribution is 2.12. The summed E-state index contributed by atoms with van der Waals surface area (Å²) >= 11 is 5.90. The SMILES string of the molecule is CC(C)CC(CCl)NCc1cccc(O)c1. The van der Waals surface area contributed by atoms with Crippen molar-refractivity contribution in [3.63, 3.8) is 0 Å². The molecule has 3 heteroatoms. The summed E-state index contributed by atoms with van der Waals surface area (Å²) in [4.78, 5) is 0. The van der Waals surface area contributed by atoms with Crippen LogP contribution in [-0.4, -0.2) is 17.0 Å². The number of aromatic hydroxyl groups is 1. The van der Waals surface area contributed by atoms with Crippen molar-refractivity contribution >= 4 is 11.6 Å². The van der Waals surface area contributed by atoms with Crippen LogP contribution in [0.3, 0.4) is 0 Å².